The first-order chi connectivity index (χ1) is 12.6. The van der Waals surface area contributed by atoms with Crippen LogP contribution in [-0.2, 0) is 4.84 Å². The summed E-state index contributed by atoms with van der Waals surface area (Å²) in [6, 6.07) is 13.9. The summed E-state index contributed by atoms with van der Waals surface area (Å²) in [5, 5.41) is 6.50. The monoisotopic (exact) mass is 353 g/mol. The first kappa shape index (κ1) is 19.2. The molecular weight excluding hydrogens is 330 g/mol. The molecule has 1 N–H and O–H groups in total. The maximum atomic E-state index is 12.4. The van der Waals surface area contributed by atoms with E-state index in [1.807, 2.05) is 13.8 Å². The smallest absolute Gasteiger partial charge is 0.255 e. The lowest BCUT2D eigenvalue weighted by molar-refractivity contribution is 0.0772. The summed E-state index contributed by atoms with van der Waals surface area (Å²) in [6.45, 7) is 5.16. The van der Waals surface area contributed by atoms with Crippen molar-refractivity contribution in [2.24, 2.45) is 5.16 Å². The molecule has 0 spiro atoms. The van der Waals surface area contributed by atoms with E-state index in [1.54, 1.807) is 59.6 Å². The number of carbonyl (C=O) groups is 2. The van der Waals surface area contributed by atoms with Crippen LogP contribution in [-0.4, -0.2) is 43.1 Å². The molecule has 2 amide bonds. The average Bonchev–Trinajstić information content (AvgIpc) is 2.67. The van der Waals surface area contributed by atoms with Crippen molar-refractivity contribution in [1.82, 2.24) is 4.90 Å². The van der Waals surface area contributed by atoms with Crippen LogP contribution in [0.5, 0.6) is 0 Å². The molecule has 0 atom stereocenters. The molecule has 0 aliphatic carbocycles. The highest BCUT2D eigenvalue weighted by atomic mass is 16.6. The Hall–Kier alpha value is -3.15. The van der Waals surface area contributed by atoms with Gasteiger partial charge in [0.25, 0.3) is 11.8 Å². The summed E-state index contributed by atoms with van der Waals surface area (Å²) >= 11 is 0. The molecule has 2 rings (SSSR count). The maximum Gasteiger partial charge on any atom is 0.255 e. The van der Waals surface area contributed by atoms with Crippen molar-refractivity contribution in [1.29, 1.82) is 0 Å². The number of oxime groups is 1. The second-order valence-corrected chi connectivity index (χ2v) is 5.55. The maximum absolute atomic E-state index is 12.4. The molecule has 26 heavy (non-hydrogen) atoms. The fourth-order valence-corrected chi connectivity index (χ4v) is 2.46. The Morgan fingerprint density at radius 3 is 2.38 bits per heavy atom. The van der Waals surface area contributed by atoms with Gasteiger partial charge in [-0.25, -0.2) is 0 Å². The predicted molar refractivity (Wildman–Crippen MR) is 103 cm³/mol. The third-order valence-corrected chi connectivity index (χ3v) is 3.90. The lowest BCUT2D eigenvalue weighted by Crippen LogP contribution is -2.30. The fourth-order valence-electron chi connectivity index (χ4n) is 2.46. The molecule has 0 radical (unpaired) electrons. The Balaban J connectivity index is 2.10. The van der Waals surface area contributed by atoms with E-state index in [4.69, 9.17) is 0 Å². The molecule has 6 heteroatoms. The lowest BCUT2D eigenvalue weighted by atomic mass is 10.1. The minimum atomic E-state index is -0.243. The van der Waals surface area contributed by atoms with E-state index in [1.165, 1.54) is 7.11 Å². The van der Waals surface area contributed by atoms with Crippen LogP contribution < -0.4 is 5.32 Å². The summed E-state index contributed by atoms with van der Waals surface area (Å²) in [5.74, 6) is -0.291. The zero-order valence-electron chi connectivity index (χ0n) is 15.2. The number of hydrogen-bond acceptors (Lipinski definition) is 4. The molecule has 0 heterocycles. The van der Waals surface area contributed by atoms with E-state index in [0.29, 0.717) is 29.9 Å². The van der Waals surface area contributed by atoms with Gasteiger partial charge in [0.05, 0.1) is 6.21 Å². The van der Waals surface area contributed by atoms with Crippen molar-refractivity contribution in [2.75, 3.05) is 25.5 Å². The van der Waals surface area contributed by atoms with Crippen molar-refractivity contribution >= 4 is 23.7 Å². The summed E-state index contributed by atoms with van der Waals surface area (Å²) in [7, 11) is 1.47. The van der Waals surface area contributed by atoms with Crippen molar-refractivity contribution < 1.29 is 14.4 Å². The number of nitrogens with one attached hydrogen (secondary N) is 1. The second kappa shape index (κ2) is 9.36. The standard InChI is InChI=1S/C20H23N3O3/c1-4-23(5-2)20(25)17-7-6-8-18(13-17)22-19(24)16-11-9-15(10-12-16)14-21-26-3/h6-14H,4-5H2,1-3H3,(H,22,24)/b21-14+. The average molecular weight is 353 g/mol. The zero-order chi connectivity index (χ0) is 18.9. The first-order valence-corrected chi connectivity index (χ1v) is 8.46. The van der Waals surface area contributed by atoms with Gasteiger partial charge in [-0.3, -0.25) is 9.59 Å². The molecule has 2 aromatic rings. The zero-order valence-corrected chi connectivity index (χ0v) is 15.2. The van der Waals surface area contributed by atoms with E-state index in [0.717, 1.165) is 5.56 Å². The second-order valence-electron chi connectivity index (χ2n) is 5.55. The number of hydrogen-bond donors (Lipinski definition) is 1. The van der Waals surface area contributed by atoms with Gasteiger partial charge in [-0.1, -0.05) is 23.4 Å². The Morgan fingerprint density at radius 1 is 1.08 bits per heavy atom. The van der Waals surface area contributed by atoms with Crippen LogP contribution in [0.3, 0.4) is 0 Å². The van der Waals surface area contributed by atoms with Gasteiger partial charge in [0, 0.05) is 29.9 Å². The minimum absolute atomic E-state index is 0.0483. The van der Waals surface area contributed by atoms with Crippen molar-refractivity contribution in [2.45, 2.75) is 13.8 Å². The van der Waals surface area contributed by atoms with Crippen molar-refractivity contribution in [3.05, 3.63) is 65.2 Å². The van der Waals surface area contributed by atoms with Crippen LogP contribution in [0.1, 0.15) is 40.1 Å². The van der Waals surface area contributed by atoms with Gasteiger partial charge in [0.1, 0.15) is 7.11 Å². The Morgan fingerprint density at radius 2 is 1.77 bits per heavy atom. The Labute approximate surface area is 153 Å². The lowest BCUT2D eigenvalue weighted by Gasteiger charge is -2.19. The summed E-state index contributed by atoms with van der Waals surface area (Å²) in [5.41, 5.74) is 2.48. The molecule has 2 aromatic carbocycles. The summed E-state index contributed by atoms with van der Waals surface area (Å²) in [4.78, 5) is 31.2. The summed E-state index contributed by atoms with van der Waals surface area (Å²) < 4.78 is 0. The van der Waals surface area contributed by atoms with Gasteiger partial charge in [-0.15, -0.1) is 0 Å². The van der Waals surface area contributed by atoms with Crippen LogP contribution in [0, 0.1) is 0 Å². The molecular formula is C20H23N3O3. The first-order valence-electron chi connectivity index (χ1n) is 8.46. The van der Waals surface area contributed by atoms with E-state index in [-0.39, 0.29) is 11.8 Å². The number of carbonyl (C=O) groups excluding carboxylic acids is 2. The van der Waals surface area contributed by atoms with Gasteiger partial charge in [0.2, 0.25) is 0 Å². The van der Waals surface area contributed by atoms with Crippen LogP contribution in [0.2, 0.25) is 0 Å². The normalized spacial score (nSPS) is 10.6. The quantitative estimate of drug-likeness (QED) is 0.612. The predicted octanol–water partition coefficient (Wildman–Crippen LogP) is 3.40. The third kappa shape index (κ3) is 4.92. The molecule has 0 saturated carbocycles. The molecule has 0 aliphatic rings. The van der Waals surface area contributed by atoms with Crippen LogP contribution in [0.4, 0.5) is 5.69 Å². The van der Waals surface area contributed by atoms with Crippen LogP contribution in [0.15, 0.2) is 53.7 Å². The number of rotatable bonds is 7. The van der Waals surface area contributed by atoms with Gasteiger partial charge in [-0.2, -0.15) is 0 Å². The number of nitrogens with zero attached hydrogens (tertiary/aromatic N) is 2. The molecule has 0 unspecified atom stereocenters. The third-order valence-electron chi connectivity index (χ3n) is 3.90. The topological polar surface area (TPSA) is 71.0 Å². The Kier molecular flexibility index (Phi) is 6.91. The van der Waals surface area contributed by atoms with Gasteiger partial charge >= 0.3 is 0 Å². The van der Waals surface area contributed by atoms with Gasteiger partial charge < -0.3 is 15.1 Å². The highest BCUT2D eigenvalue weighted by molar-refractivity contribution is 6.05. The largest absolute Gasteiger partial charge is 0.399 e. The van der Waals surface area contributed by atoms with Crippen LogP contribution in [0.25, 0.3) is 0 Å². The number of amides is 2. The SMILES string of the molecule is CCN(CC)C(=O)c1cccc(NC(=O)c2ccc(/C=N/OC)cc2)c1. The van der Waals surface area contributed by atoms with E-state index < -0.39 is 0 Å². The van der Waals surface area contributed by atoms with Gasteiger partial charge in [0.15, 0.2) is 0 Å². The molecule has 136 valence electrons. The molecule has 0 aromatic heterocycles. The van der Waals surface area contributed by atoms with Gasteiger partial charge in [-0.05, 0) is 49.7 Å². The highest BCUT2D eigenvalue weighted by Crippen LogP contribution is 2.14. The molecule has 0 aliphatic heterocycles. The molecule has 0 fully saturated rings. The van der Waals surface area contributed by atoms with E-state index >= 15 is 0 Å². The number of anilines is 1. The molecule has 0 bridgehead atoms. The summed E-state index contributed by atoms with van der Waals surface area (Å²) in [6.07, 6.45) is 1.56. The highest BCUT2D eigenvalue weighted by Gasteiger charge is 2.13. The van der Waals surface area contributed by atoms with Crippen molar-refractivity contribution in [3.8, 4) is 0 Å². The minimum Gasteiger partial charge on any atom is -0.399 e. The van der Waals surface area contributed by atoms with Crippen LogP contribution >= 0.6 is 0 Å². The van der Waals surface area contributed by atoms with E-state index in [2.05, 4.69) is 15.3 Å². The molecule has 6 nitrogen and oxygen atoms in total. The number of benzene rings is 2. The fraction of sp³-hybridized carbons (Fsp3) is 0.250. The Bertz CT molecular complexity index is 781. The van der Waals surface area contributed by atoms with E-state index in [9.17, 15) is 9.59 Å². The molecule has 0 saturated heterocycles. The van der Waals surface area contributed by atoms with Crippen molar-refractivity contribution in [3.63, 3.8) is 0 Å².